The number of Topliss-reactive ketones (excluding diaryl/α,β-unsaturated/α-hetero) is 1. The van der Waals surface area contributed by atoms with Gasteiger partial charge in [0, 0.05) is 12.8 Å². The van der Waals surface area contributed by atoms with Gasteiger partial charge in [-0.25, -0.2) is 4.99 Å². The summed E-state index contributed by atoms with van der Waals surface area (Å²) in [5, 5.41) is 10.3. The smallest absolute Gasteiger partial charge is 0.305 e. The summed E-state index contributed by atoms with van der Waals surface area (Å²) in [5.41, 5.74) is 1.34. The van der Waals surface area contributed by atoms with E-state index in [-0.39, 0.29) is 30.0 Å². The zero-order chi connectivity index (χ0) is 17.5. The molecule has 6 nitrogen and oxygen atoms in total. The lowest BCUT2D eigenvalue weighted by Crippen LogP contribution is -2.21. The molecule has 0 saturated heterocycles. The van der Waals surface area contributed by atoms with Gasteiger partial charge in [-0.2, -0.15) is 0 Å². The first kappa shape index (κ1) is 17.7. The lowest BCUT2D eigenvalue weighted by molar-refractivity contribution is -0.140. The highest BCUT2D eigenvalue weighted by molar-refractivity contribution is 6.24. The molecule has 24 heavy (non-hydrogen) atoms. The molecule has 1 aromatic carbocycles. The zero-order valence-corrected chi connectivity index (χ0v) is 13.9. The van der Waals surface area contributed by atoms with E-state index in [0.29, 0.717) is 36.4 Å². The molecule has 1 aliphatic carbocycles. The van der Waals surface area contributed by atoms with Crippen molar-refractivity contribution in [1.29, 1.82) is 0 Å². The fourth-order valence-corrected chi connectivity index (χ4v) is 2.58. The molecule has 0 bridgehead atoms. The quantitative estimate of drug-likeness (QED) is 0.508. The van der Waals surface area contributed by atoms with Crippen LogP contribution in [-0.2, 0) is 14.3 Å². The van der Waals surface area contributed by atoms with Crippen molar-refractivity contribution in [1.82, 2.24) is 0 Å². The summed E-state index contributed by atoms with van der Waals surface area (Å²) in [5.74, 6) is -0.110. The van der Waals surface area contributed by atoms with E-state index in [1.807, 2.05) is 12.1 Å². The molecule has 1 N–H and O–H groups in total. The summed E-state index contributed by atoms with van der Waals surface area (Å²) in [6.45, 7) is 0. The van der Waals surface area contributed by atoms with Crippen molar-refractivity contribution in [2.45, 2.75) is 32.1 Å². The monoisotopic (exact) mass is 331 g/mol. The predicted molar refractivity (Wildman–Crippen MR) is 89.9 cm³/mol. The number of aliphatic hydroxyl groups is 1. The van der Waals surface area contributed by atoms with Crippen molar-refractivity contribution >= 4 is 23.2 Å². The van der Waals surface area contributed by atoms with Gasteiger partial charge in [-0.3, -0.25) is 9.59 Å². The van der Waals surface area contributed by atoms with E-state index in [2.05, 4.69) is 9.73 Å². The number of ether oxygens (including phenoxy) is 2. The average molecular weight is 331 g/mol. The van der Waals surface area contributed by atoms with Crippen molar-refractivity contribution in [2.24, 2.45) is 4.99 Å². The lowest BCUT2D eigenvalue weighted by Gasteiger charge is -2.18. The molecule has 1 aromatic rings. The van der Waals surface area contributed by atoms with Crippen molar-refractivity contribution in [3.8, 4) is 5.75 Å². The number of carbonyl (C=O) groups excluding carboxylic acids is 2. The molecule has 0 aromatic heterocycles. The molecule has 1 saturated carbocycles. The lowest BCUT2D eigenvalue weighted by atomic mass is 9.89. The maximum atomic E-state index is 12.3. The highest BCUT2D eigenvalue weighted by Crippen LogP contribution is 2.30. The van der Waals surface area contributed by atoms with E-state index in [1.54, 1.807) is 19.2 Å². The number of benzene rings is 1. The molecule has 0 unspecified atom stereocenters. The Morgan fingerprint density at radius 1 is 1.21 bits per heavy atom. The van der Waals surface area contributed by atoms with E-state index in [0.717, 1.165) is 0 Å². The first-order valence-electron chi connectivity index (χ1n) is 7.80. The second-order valence-electron chi connectivity index (χ2n) is 5.40. The van der Waals surface area contributed by atoms with Crippen LogP contribution in [0, 0.1) is 0 Å². The van der Waals surface area contributed by atoms with Crippen LogP contribution in [0.4, 0.5) is 5.69 Å². The van der Waals surface area contributed by atoms with Gasteiger partial charge >= 0.3 is 5.97 Å². The summed E-state index contributed by atoms with van der Waals surface area (Å²) in [7, 11) is 2.84. The minimum absolute atomic E-state index is 0.0149. The minimum atomic E-state index is -0.436. The number of methoxy groups -OCH3 is 2. The zero-order valence-electron chi connectivity index (χ0n) is 13.9. The summed E-state index contributed by atoms with van der Waals surface area (Å²) >= 11 is 0. The van der Waals surface area contributed by atoms with Gasteiger partial charge in [-0.1, -0.05) is 12.1 Å². The Labute approximate surface area is 140 Å². The molecule has 6 heteroatoms. The Morgan fingerprint density at radius 3 is 2.67 bits per heavy atom. The minimum Gasteiger partial charge on any atom is -0.511 e. The normalized spacial score (nSPS) is 18.4. The number of ketones is 1. The van der Waals surface area contributed by atoms with Crippen LogP contribution in [0.15, 0.2) is 40.6 Å². The number of allylic oxidation sites excluding steroid dienone is 2. The van der Waals surface area contributed by atoms with Crippen LogP contribution in [-0.4, -0.2) is 36.8 Å². The van der Waals surface area contributed by atoms with Gasteiger partial charge in [0.25, 0.3) is 0 Å². The van der Waals surface area contributed by atoms with Gasteiger partial charge < -0.3 is 14.6 Å². The van der Waals surface area contributed by atoms with Gasteiger partial charge in [0.1, 0.15) is 17.2 Å². The molecule has 0 atom stereocenters. The third-order valence-corrected chi connectivity index (χ3v) is 3.81. The number of rotatable bonds is 5. The Bertz CT molecular complexity index is 690. The van der Waals surface area contributed by atoms with E-state index in [4.69, 9.17) is 4.74 Å². The van der Waals surface area contributed by atoms with Crippen LogP contribution in [0.25, 0.3) is 0 Å². The maximum Gasteiger partial charge on any atom is 0.305 e. The number of hydrogen-bond donors (Lipinski definition) is 1. The fraction of sp³-hybridized carbons (Fsp3) is 0.389. The number of esters is 1. The second kappa shape index (κ2) is 8.29. The van der Waals surface area contributed by atoms with Gasteiger partial charge in [0.05, 0.1) is 31.9 Å². The van der Waals surface area contributed by atoms with Crippen LogP contribution < -0.4 is 4.74 Å². The number of nitrogens with zero attached hydrogens (tertiary/aromatic N) is 1. The molecular formula is C18H21NO5. The van der Waals surface area contributed by atoms with Gasteiger partial charge in [0.2, 0.25) is 0 Å². The maximum absolute atomic E-state index is 12.3. The second-order valence-corrected chi connectivity index (χ2v) is 5.40. The summed E-state index contributed by atoms with van der Waals surface area (Å²) in [4.78, 5) is 28.0. The fourth-order valence-electron chi connectivity index (χ4n) is 2.58. The Balaban J connectivity index is 2.36. The molecule has 0 amide bonds. The molecule has 0 radical (unpaired) electrons. The summed E-state index contributed by atoms with van der Waals surface area (Å²) in [6, 6.07) is 7.23. The van der Waals surface area contributed by atoms with E-state index in [1.165, 1.54) is 7.11 Å². The topological polar surface area (TPSA) is 85.2 Å². The molecule has 2 rings (SSSR count). The Hall–Kier alpha value is -2.63. The number of carbonyl (C=O) groups is 2. The van der Waals surface area contributed by atoms with E-state index >= 15 is 0 Å². The number of aliphatic imine (C=N–C) groups is 1. The highest BCUT2D eigenvalue weighted by Gasteiger charge is 2.26. The molecule has 1 aliphatic rings. The molecule has 0 spiro atoms. The summed E-state index contributed by atoms with van der Waals surface area (Å²) in [6.07, 6.45) is 1.70. The third-order valence-electron chi connectivity index (χ3n) is 3.81. The van der Waals surface area contributed by atoms with Crippen molar-refractivity contribution in [3.05, 3.63) is 35.6 Å². The number of para-hydroxylation sites is 2. The van der Waals surface area contributed by atoms with Gasteiger partial charge in [-0.15, -0.1) is 0 Å². The van der Waals surface area contributed by atoms with Crippen LogP contribution >= 0.6 is 0 Å². The van der Waals surface area contributed by atoms with Crippen LogP contribution in [0.3, 0.4) is 0 Å². The van der Waals surface area contributed by atoms with Crippen molar-refractivity contribution in [2.75, 3.05) is 14.2 Å². The largest absolute Gasteiger partial charge is 0.511 e. The Kier molecular flexibility index (Phi) is 6.12. The predicted octanol–water partition coefficient (Wildman–Crippen LogP) is 3.29. The van der Waals surface area contributed by atoms with Crippen molar-refractivity contribution in [3.63, 3.8) is 0 Å². The van der Waals surface area contributed by atoms with E-state index in [9.17, 15) is 14.7 Å². The van der Waals surface area contributed by atoms with Gasteiger partial charge in [-0.05, 0) is 25.0 Å². The first-order chi connectivity index (χ1) is 11.6. The summed E-state index contributed by atoms with van der Waals surface area (Å²) < 4.78 is 9.83. The number of hydrogen-bond acceptors (Lipinski definition) is 6. The molecular weight excluding hydrogens is 310 g/mol. The SMILES string of the molecule is COC(=O)CC/C(O)=C1\C(=O)CCCC1=Nc1ccccc1OC. The molecule has 128 valence electrons. The molecule has 0 heterocycles. The van der Waals surface area contributed by atoms with E-state index < -0.39 is 5.97 Å². The number of aliphatic hydroxyl groups excluding tert-OH is 1. The van der Waals surface area contributed by atoms with Crippen LogP contribution in [0.1, 0.15) is 32.1 Å². The highest BCUT2D eigenvalue weighted by atomic mass is 16.5. The molecule has 1 fully saturated rings. The van der Waals surface area contributed by atoms with Crippen LogP contribution in [0.5, 0.6) is 5.75 Å². The Morgan fingerprint density at radius 2 is 1.96 bits per heavy atom. The third kappa shape index (κ3) is 4.22. The molecule has 0 aliphatic heterocycles. The standard InChI is InChI=1S/C18H21NO5/c1-23-16-9-4-3-6-12(16)19-13-7-5-8-14(20)18(13)15(21)10-11-17(22)24-2/h3-4,6,9,21H,5,7-8,10-11H2,1-2H3/b18-15+,19-13?. The average Bonchev–Trinajstić information content (AvgIpc) is 2.60. The van der Waals surface area contributed by atoms with Crippen LogP contribution in [0.2, 0.25) is 0 Å². The first-order valence-corrected chi connectivity index (χ1v) is 7.80. The van der Waals surface area contributed by atoms with Crippen molar-refractivity contribution < 1.29 is 24.2 Å². The van der Waals surface area contributed by atoms with Gasteiger partial charge in [0.15, 0.2) is 5.78 Å².